The van der Waals surface area contributed by atoms with Gasteiger partial charge in [0.05, 0.1) is 6.61 Å². The predicted molar refractivity (Wildman–Crippen MR) is 56.5 cm³/mol. The third kappa shape index (κ3) is 2.47. The Morgan fingerprint density at radius 2 is 1.67 bits per heavy atom. The Kier molecular flexibility index (Phi) is 3.84. The lowest BCUT2D eigenvalue weighted by atomic mass is 10.0. The molecule has 102 valence electrons. The molecule has 7 heteroatoms. The summed E-state index contributed by atoms with van der Waals surface area (Å²) in [5.74, 6) is -0.918. The van der Waals surface area contributed by atoms with Crippen LogP contribution in [0.5, 0.6) is 0 Å². The second-order valence-electron chi connectivity index (χ2n) is 4.22. The molecule has 7 nitrogen and oxygen atoms in total. The van der Waals surface area contributed by atoms with Crippen molar-refractivity contribution in [3.05, 3.63) is 0 Å². The number of hydrogen-bond donors (Lipinski definition) is 0. The van der Waals surface area contributed by atoms with E-state index in [-0.39, 0.29) is 6.61 Å². The number of hydrogen-bond acceptors (Lipinski definition) is 7. The van der Waals surface area contributed by atoms with E-state index >= 15 is 0 Å². The van der Waals surface area contributed by atoms with E-state index in [1.54, 1.807) is 0 Å². The number of fused-ring (bicyclic) bond motifs is 2. The van der Waals surface area contributed by atoms with Gasteiger partial charge in [0.1, 0.15) is 12.2 Å². The summed E-state index contributed by atoms with van der Waals surface area (Å²) in [6, 6.07) is 0. The second kappa shape index (κ2) is 5.21. The molecule has 0 amide bonds. The van der Waals surface area contributed by atoms with Gasteiger partial charge in [-0.2, -0.15) is 0 Å². The van der Waals surface area contributed by atoms with Gasteiger partial charge in [0.25, 0.3) is 0 Å². The third-order valence-electron chi connectivity index (χ3n) is 2.89. The minimum absolute atomic E-state index is 0.278. The zero-order chi connectivity index (χ0) is 13.3. The summed E-state index contributed by atoms with van der Waals surface area (Å²) in [4.78, 5) is 22.2. The molecule has 5 atom stereocenters. The van der Waals surface area contributed by atoms with Gasteiger partial charge in [0, 0.05) is 21.0 Å². The van der Waals surface area contributed by atoms with Crippen LogP contribution in [0.15, 0.2) is 0 Å². The molecule has 2 rings (SSSR count). The van der Waals surface area contributed by atoms with Crippen molar-refractivity contribution in [3.63, 3.8) is 0 Å². The fourth-order valence-electron chi connectivity index (χ4n) is 2.26. The molecule has 2 aliphatic rings. The topological polar surface area (TPSA) is 80.3 Å². The summed E-state index contributed by atoms with van der Waals surface area (Å²) in [6.07, 6.45) is -3.04. The Morgan fingerprint density at radius 3 is 2.22 bits per heavy atom. The molecule has 2 saturated heterocycles. The largest absolute Gasteiger partial charge is 0.457 e. The quantitative estimate of drug-likeness (QED) is 0.640. The van der Waals surface area contributed by atoms with Crippen molar-refractivity contribution in [2.24, 2.45) is 0 Å². The van der Waals surface area contributed by atoms with Gasteiger partial charge < -0.3 is 23.7 Å². The van der Waals surface area contributed by atoms with Crippen molar-refractivity contribution in [2.45, 2.75) is 44.6 Å². The zero-order valence-corrected chi connectivity index (χ0v) is 10.5. The molecule has 0 radical (unpaired) electrons. The molecule has 0 aromatic carbocycles. The number of esters is 2. The SMILES string of the molecule is CO[C@@H]1[C@@H](OC(C)=O)[C@@H]2OC[C@@H](O2)[C@H]1OC(C)=O. The van der Waals surface area contributed by atoms with Gasteiger partial charge in [-0.1, -0.05) is 0 Å². The Bertz CT molecular complexity index is 312. The number of ether oxygens (including phenoxy) is 5. The Morgan fingerprint density at radius 1 is 1.06 bits per heavy atom. The molecule has 0 aliphatic carbocycles. The molecule has 0 aromatic rings. The lowest BCUT2D eigenvalue weighted by Crippen LogP contribution is -2.57. The highest BCUT2D eigenvalue weighted by atomic mass is 16.8. The Hall–Kier alpha value is -1.18. The van der Waals surface area contributed by atoms with Gasteiger partial charge >= 0.3 is 11.9 Å². The molecule has 2 fully saturated rings. The smallest absolute Gasteiger partial charge is 0.303 e. The van der Waals surface area contributed by atoms with Crippen molar-refractivity contribution in [1.29, 1.82) is 0 Å². The maximum Gasteiger partial charge on any atom is 0.303 e. The summed E-state index contributed by atoms with van der Waals surface area (Å²) < 4.78 is 26.5. The minimum Gasteiger partial charge on any atom is -0.457 e. The van der Waals surface area contributed by atoms with Crippen molar-refractivity contribution >= 4 is 11.9 Å². The summed E-state index contributed by atoms with van der Waals surface area (Å²) in [7, 11) is 1.46. The number of carbonyl (C=O) groups is 2. The maximum atomic E-state index is 11.1. The van der Waals surface area contributed by atoms with Crippen LogP contribution in [0.25, 0.3) is 0 Å². The Balaban J connectivity index is 2.18. The van der Waals surface area contributed by atoms with Gasteiger partial charge in [0.15, 0.2) is 18.5 Å². The van der Waals surface area contributed by atoms with Crippen LogP contribution < -0.4 is 0 Å². The summed E-state index contributed by atoms with van der Waals surface area (Å²) in [5, 5.41) is 0. The molecular formula is C11H16O7. The molecule has 0 aromatic heterocycles. The number of rotatable bonds is 3. The van der Waals surface area contributed by atoms with Crippen molar-refractivity contribution in [1.82, 2.24) is 0 Å². The molecule has 2 aliphatic heterocycles. The summed E-state index contributed by atoms with van der Waals surface area (Å²) in [6.45, 7) is 2.87. The van der Waals surface area contributed by atoms with Gasteiger partial charge in [-0.3, -0.25) is 9.59 Å². The van der Waals surface area contributed by atoms with Crippen LogP contribution in [-0.4, -0.2) is 56.4 Å². The van der Waals surface area contributed by atoms with Crippen LogP contribution in [0.2, 0.25) is 0 Å². The molecule has 0 saturated carbocycles. The highest BCUT2D eigenvalue weighted by Gasteiger charge is 2.54. The first-order valence-corrected chi connectivity index (χ1v) is 5.67. The molecule has 0 N–H and O–H groups in total. The molecule has 2 heterocycles. The van der Waals surface area contributed by atoms with Crippen LogP contribution >= 0.6 is 0 Å². The van der Waals surface area contributed by atoms with E-state index in [9.17, 15) is 9.59 Å². The Labute approximate surface area is 104 Å². The van der Waals surface area contributed by atoms with E-state index in [1.165, 1.54) is 21.0 Å². The molecule has 0 spiro atoms. The highest BCUT2D eigenvalue weighted by molar-refractivity contribution is 5.67. The zero-order valence-electron chi connectivity index (χ0n) is 10.5. The predicted octanol–water partition coefficient (Wildman–Crippen LogP) is -0.380. The maximum absolute atomic E-state index is 11.1. The number of methoxy groups -OCH3 is 1. The van der Waals surface area contributed by atoms with E-state index in [0.29, 0.717) is 0 Å². The van der Waals surface area contributed by atoms with E-state index in [0.717, 1.165) is 0 Å². The van der Waals surface area contributed by atoms with Crippen molar-refractivity contribution in [3.8, 4) is 0 Å². The second-order valence-corrected chi connectivity index (χ2v) is 4.22. The lowest BCUT2D eigenvalue weighted by Gasteiger charge is -2.38. The normalized spacial score (nSPS) is 38.3. The first kappa shape index (κ1) is 13.3. The molecule has 0 unspecified atom stereocenters. The van der Waals surface area contributed by atoms with E-state index in [1.807, 2.05) is 0 Å². The fraction of sp³-hybridized carbons (Fsp3) is 0.818. The van der Waals surface area contributed by atoms with E-state index < -0.39 is 42.6 Å². The summed E-state index contributed by atoms with van der Waals surface area (Å²) in [5.41, 5.74) is 0. The first-order chi connectivity index (χ1) is 8.52. The molecular weight excluding hydrogens is 244 g/mol. The number of carbonyl (C=O) groups excluding carboxylic acids is 2. The van der Waals surface area contributed by atoms with E-state index in [2.05, 4.69) is 0 Å². The minimum atomic E-state index is -0.740. The molecule has 18 heavy (non-hydrogen) atoms. The standard InChI is InChI=1S/C11H16O7/c1-5(12)16-8-7-4-15-11(18-7)10(9(8)14-3)17-6(2)13/h7-11H,4H2,1-3H3/t7-,8-,9+,10-,11-/m1/s1. The van der Waals surface area contributed by atoms with Gasteiger partial charge in [-0.15, -0.1) is 0 Å². The van der Waals surface area contributed by atoms with E-state index in [4.69, 9.17) is 23.7 Å². The van der Waals surface area contributed by atoms with Crippen molar-refractivity contribution in [2.75, 3.05) is 13.7 Å². The van der Waals surface area contributed by atoms with Crippen LogP contribution in [0.3, 0.4) is 0 Å². The highest BCUT2D eigenvalue weighted by Crippen LogP contribution is 2.33. The van der Waals surface area contributed by atoms with Crippen LogP contribution in [0.1, 0.15) is 13.8 Å². The van der Waals surface area contributed by atoms with Crippen LogP contribution in [-0.2, 0) is 33.3 Å². The lowest BCUT2D eigenvalue weighted by molar-refractivity contribution is -0.249. The monoisotopic (exact) mass is 260 g/mol. The first-order valence-electron chi connectivity index (χ1n) is 5.67. The molecule has 2 bridgehead atoms. The van der Waals surface area contributed by atoms with Crippen LogP contribution in [0.4, 0.5) is 0 Å². The summed E-state index contributed by atoms with van der Waals surface area (Å²) >= 11 is 0. The average molecular weight is 260 g/mol. The van der Waals surface area contributed by atoms with Crippen LogP contribution in [0, 0.1) is 0 Å². The van der Waals surface area contributed by atoms with Crippen molar-refractivity contribution < 1.29 is 33.3 Å². The average Bonchev–Trinajstić information content (AvgIpc) is 2.70. The van der Waals surface area contributed by atoms with Gasteiger partial charge in [0.2, 0.25) is 0 Å². The fourth-order valence-corrected chi connectivity index (χ4v) is 2.26. The third-order valence-corrected chi connectivity index (χ3v) is 2.89. The van der Waals surface area contributed by atoms with Gasteiger partial charge in [-0.25, -0.2) is 0 Å². The van der Waals surface area contributed by atoms with Gasteiger partial charge in [-0.05, 0) is 0 Å².